The van der Waals surface area contributed by atoms with Gasteiger partial charge >= 0.3 is 0 Å². The molecule has 0 aliphatic carbocycles. The van der Waals surface area contributed by atoms with Crippen LogP contribution >= 0.6 is 38.8 Å². The molecule has 0 fully saturated rings. The first kappa shape index (κ1) is 15.1. The van der Waals surface area contributed by atoms with Crippen molar-refractivity contribution in [1.29, 1.82) is 0 Å². The van der Waals surface area contributed by atoms with Gasteiger partial charge in [-0.25, -0.2) is 0 Å². The molecule has 2 heterocycles. The molecule has 1 N–H and O–H groups in total. The first-order valence-electron chi connectivity index (χ1n) is 6.53. The summed E-state index contributed by atoms with van der Waals surface area (Å²) in [5.74, 6) is 0. The number of nitrogens with one attached hydrogen (secondary N) is 1. The van der Waals surface area contributed by atoms with Crippen molar-refractivity contribution < 1.29 is 0 Å². The molecule has 1 atom stereocenters. The average Bonchev–Trinajstić information content (AvgIpc) is 2.99. The van der Waals surface area contributed by atoms with Crippen LogP contribution in [0.15, 0.2) is 15.9 Å². The highest BCUT2D eigenvalue weighted by Crippen LogP contribution is 2.29. The Morgan fingerprint density at radius 1 is 1.37 bits per heavy atom. The largest absolute Gasteiger partial charge is 0.309 e. The second kappa shape index (κ2) is 7.47. The van der Waals surface area contributed by atoms with Gasteiger partial charge in [0.1, 0.15) is 0 Å². The number of aryl methyl sites for hydroxylation is 1. The highest BCUT2D eigenvalue weighted by Gasteiger charge is 2.19. The molecule has 1 unspecified atom stereocenters. The lowest BCUT2D eigenvalue weighted by molar-refractivity contribution is 0.555. The minimum absolute atomic E-state index is 0.331. The third-order valence-corrected chi connectivity index (χ3v) is 5.40. The van der Waals surface area contributed by atoms with E-state index in [2.05, 4.69) is 56.8 Å². The highest BCUT2D eigenvalue weighted by atomic mass is 79.9. The van der Waals surface area contributed by atoms with Crippen LogP contribution in [0.3, 0.4) is 0 Å². The monoisotopic (exact) mass is 359 g/mol. The van der Waals surface area contributed by atoms with Crippen molar-refractivity contribution >= 4 is 38.8 Å². The van der Waals surface area contributed by atoms with E-state index in [0.29, 0.717) is 6.04 Å². The maximum atomic E-state index is 4.28. The Hall–Kier alpha value is -0.300. The minimum Gasteiger partial charge on any atom is -0.309 e. The Morgan fingerprint density at radius 3 is 2.84 bits per heavy atom. The number of thiophene rings is 1. The molecular formula is C13H18BrN3S2. The zero-order valence-corrected chi connectivity index (χ0v) is 14.4. The molecule has 0 bridgehead atoms. The molecule has 0 amide bonds. The summed E-state index contributed by atoms with van der Waals surface area (Å²) in [7, 11) is 0. The second-order valence-electron chi connectivity index (χ2n) is 4.35. The van der Waals surface area contributed by atoms with Gasteiger partial charge in [-0.1, -0.05) is 24.8 Å². The summed E-state index contributed by atoms with van der Waals surface area (Å²) >= 11 is 6.86. The van der Waals surface area contributed by atoms with Crippen molar-refractivity contribution in [1.82, 2.24) is 14.9 Å². The molecule has 0 aliphatic rings. The van der Waals surface area contributed by atoms with Crippen molar-refractivity contribution in [3.8, 4) is 0 Å². The Kier molecular flexibility index (Phi) is 5.94. The van der Waals surface area contributed by atoms with Crippen LogP contribution in [0.5, 0.6) is 0 Å². The fourth-order valence-corrected chi connectivity index (χ4v) is 4.36. The fourth-order valence-electron chi connectivity index (χ4n) is 2.06. The summed E-state index contributed by atoms with van der Waals surface area (Å²) in [6.07, 6.45) is 3.13. The number of likely N-dealkylation sites (N-methyl/N-ethyl adjacent to an activating group) is 1. The summed E-state index contributed by atoms with van der Waals surface area (Å²) < 4.78 is 5.33. The number of nitrogens with zero attached hydrogens (tertiary/aromatic N) is 2. The molecule has 6 heteroatoms. The molecule has 2 rings (SSSR count). The smallest absolute Gasteiger partial charge is 0.0803 e. The van der Waals surface area contributed by atoms with Crippen LogP contribution in [0.25, 0.3) is 0 Å². The van der Waals surface area contributed by atoms with Crippen molar-refractivity contribution in [2.24, 2.45) is 0 Å². The van der Waals surface area contributed by atoms with E-state index in [9.17, 15) is 0 Å². The molecule has 0 spiro atoms. The van der Waals surface area contributed by atoms with Crippen molar-refractivity contribution in [3.63, 3.8) is 0 Å². The Morgan fingerprint density at radius 2 is 2.21 bits per heavy atom. The van der Waals surface area contributed by atoms with Crippen molar-refractivity contribution in [2.75, 3.05) is 6.54 Å². The second-order valence-corrected chi connectivity index (χ2v) is 7.69. The summed E-state index contributed by atoms with van der Waals surface area (Å²) in [6, 6.07) is 4.63. The number of hydrogen-bond donors (Lipinski definition) is 1. The Bertz CT molecular complexity index is 509. The molecule has 2 aromatic rings. The predicted octanol–water partition coefficient (Wildman–Crippen LogP) is 4.21. The molecule has 3 nitrogen and oxygen atoms in total. The SMILES string of the molecule is CCCc1nnsc1C(Cc1ccc(Br)s1)NCC. The van der Waals surface area contributed by atoms with E-state index in [0.717, 1.165) is 31.5 Å². The third-order valence-electron chi connectivity index (χ3n) is 2.87. The summed E-state index contributed by atoms with van der Waals surface area (Å²) in [4.78, 5) is 2.68. The van der Waals surface area contributed by atoms with Crippen LogP contribution in [0.4, 0.5) is 0 Å². The van der Waals surface area contributed by atoms with Crippen LogP contribution in [0.1, 0.15) is 41.8 Å². The fraction of sp³-hybridized carbons (Fsp3) is 0.538. The van der Waals surface area contributed by atoms with Gasteiger partial charge in [0.25, 0.3) is 0 Å². The van der Waals surface area contributed by atoms with E-state index in [4.69, 9.17) is 0 Å². The topological polar surface area (TPSA) is 37.8 Å². The van der Waals surface area contributed by atoms with E-state index in [-0.39, 0.29) is 0 Å². The minimum atomic E-state index is 0.331. The molecule has 0 saturated heterocycles. The van der Waals surface area contributed by atoms with Gasteiger partial charge in [0, 0.05) is 17.3 Å². The van der Waals surface area contributed by atoms with Gasteiger partial charge in [0.2, 0.25) is 0 Å². The van der Waals surface area contributed by atoms with E-state index < -0.39 is 0 Å². The number of hydrogen-bond acceptors (Lipinski definition) is 5. The molecular weight excluding hydrogens is 342 g/mol. The number of halogens is 1. The standard InChI is InChI=1S/C13H18BrN3S2/c1-3-5-10-13(19-17-16-10)11(15-4-2)8-9-6-7-12(14)18-9/h6-7,11,15H,3-5,8H2,1-2H3. The zero-order chi connectivity index (χ0) is 13.7. The van der Waals surface area contributed by atoms with Crippen LogP contribution in [-0.2, 0) is 12.8 Å². The van der Waals surface area contributed by atoms with E-state index in [1.807, 2.05) is 0 Å². The molecule has 2 aromatic heterocycles. The molecule has 104 valence electrons. The van der Waals surface area contributed by atoms with Crippen LogP contribution in [0.2, 0.25) is 0 Å². The lowest BCUT2D eigenvalue weighted by Gasteiger charge is -2.16. The normalized spacial score (nSPS) is 12.8. The lowest BCUT2D eigenvalue weighted by atomic mass is 10.1. The first-order chi connectivity index (χ1) is 9.24. The summed E-state index contributed by atoms with van der Waals surface area (Å²) in [6.45, 7) is 5.29. The quantitative estimate of drug-likeness (QED) is 0.804. The lowest BCUT2D eigenvalue weighted by Crippen LogP contribution is -2.22. The third kappa shape index (κ3) is 4.08. The molecule has 0 radical (unpaired) electrons. The van der Waals surface area contributed by atoms with E-state index in [1.54, 1.807) is 11.3 Å². The molecule has 19 heavy (non-hydrogen) atoms. The Labute approximate surface area is 130 Å². The van der Waals surface area contributed by atoms with Gasteiger partial charge < -0.3 is 5.32 Å². The van der Waals surface area contributed by atoms with Crippen LogP contribution in [-0.4, -0.2) is 16.1 Å². The molecule has 0 aliphatic heterocycles. The van der Waals surface area contributed by atoms with Crippen LogP contribution < -0.4 is 5.32 Å². The van der Waals surface area contributed by atoms with Gasteiger partial charge in [-0.2, -0.15) is 0 Å². The van der Waals surface area contributed by atoms with E-state index >= 15 is 0 Å². The molecule has 0 aromatic carbocycles. The first-order valence-corrected chi connectivity index (χ1v) is 8.91. The maximum Gasteiger partial charge on any atom is 0.0803 e. The van der Waals surface area contributed by atoms with Gasteiger partial charge in [-0.15, -0.1) is 16.4 Å². The van der Waals surface area contributed by atoms with Gasteiger partial charge in [-0.05, 0) is 52.6 Å². The average molecular weight is 360 g/mol. The zero-order valence-electron chi connectivity index (χ0n) is 11.1. The van der Waals surface area contributed by atoms with E-state index in [1.165, 1.54) is 25.1 Å². The van der Waals surface area contributed by atoms with Gasteiger partial charge in [-0.3, -0.25) is 0 Å². The summed E-state index contributed by atoms with van der Waals surface area (Å²) in [5, 5.41) is 7.84. The van der Waals surface area contributed by atoms with Crippen LogP contribution in [0, 0.1) is 0 Å². The summed E-state index contributed by atoms with van der Waals surface area (Å²) in [5.41, 5.74) is 1.16. The molecule has 0 saturated carbocycles. The number of rotatable bonds is 7. The van der Waals surface area contributed by atoms with Crippen molar-refractivity contribution in [2.45, 2.75) is 39.2 Å². The predicted molar refractivity (Wildman–Crippen MR) is 86.0 cm³/mol. The number of aromatic nitrogens is 2. The van der Waals surface area contributed by atoms with Gasteiger partial charge in [0.15, 0.2) is 0 Å². The van der Waals surface area contributed by atoms with Gasteiger partial charge in [0.05, 0.1) is 14.4 Å². The highest BCUT2D eigenvalue weighted by molar-refractivity contribution is 9.11. The maximum absolute atomic E-state index is 4.28. The Balaban J connectivity index is 2.16. The van der Waals surface area contributed by atoms with Crippen molar-refractivity contribution in [3.05, 3.63) is 31.4 Å².